The zero-order chi connectivity index (χ0) is 14.8. The molecule has 0 aliphatic carbocycles. The van der Waals surface area contributed by atoms with Crippen molar-refractivity contribution in [1.29, 1.82) is 0 Å². The molecule has 0 spiro atoms. The maximum Gasteiger partial charge on any atom is 0.170 e. The normalized spacial score (nSPS) is 21.9. The van der Waals surface area contributed by atoms with Gasteiger partial charge in [0, 0.05) is 12.7 Å². The van der Waals surface area contributed by atoms with Crippen LogP contribution >= 0.6 is 12.2 Å². The highest BCUT2D eigenvalue weighted by atomic mass is 32.1. The summed E-state index contributed by atoms with van der Waals surface area (Å²) < 4.78 is 5.66. The smallest absolute Gasteiger partial charge is 0.170 e. The van der Waals surface area contributed by atoms with E-state index < -0.39 is 0 Å². The van der Waals surface area contributed by atoms with Crippen LogP contribution in [0, 0.1) is 5.92 Å². The van der Waals surface area contributed by atoms with Gasteiger partial charge in [-0.2, -0.15) is 0 Å². The van der Waals surface area contributed by atoms with Crippen molar-refractivity contribution in [3.05, 3.63) is 54.2 Å². The molecule has 0 radical (unpaired) electrons. The lowest BCUT2D eigenvalue weighted by atomic mass is 10.0. The van der Waals surface area contributed by atoms with E-state index in [-0.39, 0.29) is 12.1 Å². The lowest BCUT2D eigenvalue weighted by molar-refractivity contribution is 0.252. The van der Waals surface area contributed by atoms with Crippen LogP contribution in [-0.2, 0) is 0 Å². The summed E-state index contributed by atoms with van der Waals surface area (Å²) in [5, 5.41) is 4.16. The van der Waals surface area contributed by atoms with Gasteiger partial charge in [-0.1, -0.05) is 19.9 Å². The molecule has 4 nitrogen and oxygen atoms in total. The van der Waals surface area contributed by atoms with Crippen molar-refractivity contribution >= 4 is 17.3 Å². The largest absolute Gasteiger partial charge is 0.467 e. The zero-order valence-corrected chi connectivity index (χ0v) is 13.0. The van der Waals surface area contributed by atoms with Gasteiger partial charge in [-0.25, -0.2) is 0 Å². The molecule has 1 N–H and O–H groups in total. The summed E-state index contributed by atoms with van der Waals surface area (Å²) in [6.07, 6.45) is 3.52. The minimum Gasteiger partial charge on any atom is -0.467 e. The molecule has 2 aromatic heterocycles. The molecule has 3 rings (SSSR count). The van der Waals surface area contributed by atoms with E-state index >= 15 is 0 Å². The summed E-state index contributed by atoms with van der Waals surface area (Å²) in [6, 6.07) is 9.92. The van der Waals surface area contributed by atoms with Gasteiger partial charge in [-0.15, -0.1) is 0 Å². The van der Waals surface area contributed by atoms with Gasteiger partial charge in [0.15, 0.2) is 5.11 Å². The Morgan fingerprint density at radius 1 is 1.33 bits per heavy atom. The number of aromatic nitrogens is 1. The predicted molar refractivity (Wildman–Crippen MR) is 85.7 cm³/mol. The van der Waals surface area contributed by atoms with E-state index in [0.29, 0.717) is 5.92 Å². The van der Waals surface area contributed by atoms with Crippen molar-refractivity contribution in [3.63, 3.8) is 0 Å². The molecule has 2 atom stereocenters. The molecule has 0 saturated carbocycles. The van der Waals surface area contributed by atoms with Crippen molar-refractivity contribution in [2.45, 2.75) is 25.9 Å². The summed E-state index contributed by atoms with van der Waals surface area (Å²) in [4.78, 5) is 6.68. The highest BCUT2D eigenvalue weighted by Gasteiger charge is 2.41. The molecular formula is C16H19N3OS. The van der Waals surface area contributed by atoms with E-state index in [2.05, 4.69) is 29.0 Å². The second-order valence-corrected chi connectivity index (χ2v) is 6.07. The highest BCUT2D eigenvalue weighted by Crippen LogP contribution is 2.38. The van der Waals surface area contributed by atoms with Crippen molar-refractivity contribution in [1.82, 2.24) is 15.2 Å². The monoisotopic (exact) mass is 301 g/mol. The average molecular weight is 301 g/mol. The molecule has 1 fully saturated rings. The second-order valence-electron chi connectivity index (χ2n) is 5.69. The van der Waals surface area contributed by atoms with Gasteiger partial charge in [0.1, 0.15) is 11.8 Å². The molecule has 0 aromatic carbocycles. The summed E-state index contributed by atoms with van der Waals surface area (Å²) in [5.74, 6) is 1.43. The Morgan fingerprint density at radius 2 is 2.19 bits per heavy atom. The summed E-state index contributed by atoms with van der Waals surface area (Å²) in [5.41, 5.74) is 0.979. The third kappa shape index (κ3) is 2.78. The molecule has 3 heterocycles. The molecule has 2 aromatic rings. The van der Waals surface area contributed by atoms with Gasteiger partial charge in [-0.05, 0) is 42.4 Å². The molecule has 5 heteroatoms. The van der Waals surface area contributed by atoms with E-state index in [4.69, 9.17) is 16.6 Å². The Kier molecular flexibility index (Phi) is 3.92. The van der Waals surface area contributed by atoms with Gasteiger partial charge in [0.25, 0.3) is 0 Å². The minimum absolute atomic E-state index is 0.0172. The van der Waals surface area contributed by atoms with Gasteiger partial charge < -0.3 is 14.6 Å². The maximum atomic E-state index is 5.66. The van der Waals surface area contributed by atoms with Crippen molar-refractivity contribution < 1.29 is 4.42 Å². The van der Waals surface area contributed by atoms with Crippen LogP contribution in [0.5, 0.6) is 0 Å². The maximum absolute atomic E-state index is 5.66. The van der Waals surface area contributed by atoms with Crippen LogP contribution in [0.4, 0.5) is 0 Å². The molecule has 0 bridgehead atoms. The van der Waals surface area contributed by atoms with Crippen molar-refractivity contribution in [2.24, 2.45) is 5.92 Å². The number of nitrogens with zero attached hydrogens (tertiary/aromatic N) is 2. The highest BCUT2D eigenvalue weighted by molar-refractivity contribution is 7.80. The molecule has 21 heavy (non-hydrogen) atoms. The Morgan fingerprint density at radius 3 is 2.81 bits per heavy atom. The van der Waals surface area contributed by atoms with E-state index in [1.54, 1.807) is 6.26 Å². The van der Waals surface area contributed by atoms with E-state index in [0.717, 1.165) is 23.1 Å². The number of thiocarbonyl (C=S) groups is 1. The Labute approximate surface area is 130 Å². The van der Waals surface area contributed by atoms with E-state index in [1.165, 1.54) is 0 Å². The third-order valence-electron chi connectivity index (χ3n) is 3.59. The van der Waals surface area contributed by atoms with Crippen LogP contribution in [0.25, 0.3) is 0 Å². The average Bonchev–Trinajstić information content (AvgIpc) is 3.08. The summed E-state index contributed by atoms with van der Waals surface area (Å²) in [7, 11) is 0. The second kappa shape index (κ2) is 5.85. The molecule has 1 aliphatic heterocycles. The fraction of sp³-hybridized carbons (Fsp3) is 0.375. The van der Waals surface area contributed by atoms with E-state index in [1.807, 2.05) is 36.5 Å². The fourth-order valence-electron chi connectivity index (χ4n) is 2.76. The quantitative estimate of drug-likeness (QED) is 0.878. The lowest BCUT2D eigenvalue weighted by Crippen LogP contribution is -2.32. The van der Waals surface area contributed by atoms with Gasteiger partial charge in [-0.3, -0.25) is 4.98 Å². The van der Waals surface area contributed by atoms with Crippen LogP contribution in [0.1, 0.15) is 37.4 Å². The predicted octanol–water partition coefficient (Wildman–Crippen LogP) is 3.30. The van der Waals surface area contributed by atoms with Crippen molar-refractivity contribution in [3.8, 4) is 0 Å². The minimum atomic E-state index is 0.0172. The lowest BCUT2D eigenvalue weighted by Gasteiger charge is -2.27. The molecule has 0 unspecified atom stereocenters. The Balaban J connectivity index is 1.98. The van der Waals surface area contributed by atoms with Gasteiger partial charge >= 0.3 is 0 Å². The summed E-state index contributed by atoms with van der Waals surface area (Å²) in [6.45, 7) is 5.27. The molecule has 0 amide bonds. The first-order chi connectivity index (χ1) is 10.2. The Hall–Kier alpha value is -1.88. The Bertz CT molecular complexity index is 597. The fourth-order valence-corrected chi connectivity index (χ4v) is 3.08. The van der Waals surface area contributed by atoms with Crippen LogP contribution in [-0.4, -0.2) is 21.5 Å². The summed E-state index contributed by atoms with van der Waals surface area (Å²) >= 11 is 5.53. The van der Waals surface area contributed by atoms with E-state index in [9.17, 15) is 0 Å². The van der Waals surface area contributed by atoms with Crippen LogP contribution < -0.4 is 5.32 Å². The number of hydrogen-bond acceptors (Lipinski definition) is 3. The first-order valence-corrected chi connectivity index (χ1v) is 7.59. The SMILES string of the molecule is CC(C)CN1C(=S)N[C@@H](c2ccccn2)[C@H]1c1ccco1. The first-order valence-electron chi connectivity index (χ1n) is 7.18. The number of nitrogens with one attached hydrogen (secondary N) is 1. The molecule has 110 valence electrons. The zero-order valence-electron chi connectivity index (χ0n) is 12.2. The van der Waals surface area contributed by atoms with Gasteiger partial charge in [0.05, 0.1) is 18.0 Å². The molecule has 1 saturated heterocycles. The first kappa shape index (κ1) is 14.1. The van der Waals surface area contributed by atoms with Crippen molar-refractivity contribution in [2.75, 3.05) is 6.54 Å². The van der Waals surface area contributed by atoms with Gasteiger partial charge in [0.2, 0.25) is 0 Å². The number of pyridine rings is 1. The standard InChI is InChI=1S/C16H19N3OS/c1-11(2)10-19-15(13-7-5-9-20-13)14(18-16(19)21)12-6-3-4-8-17-12/h3-9,11,14-15H,10H2,1-2H3,(H,18,21)/t14-,15+/m0/s1. The number of rotatable bonds is 4. The number of hydrogen-bond donors (Lipinski definition) is 1. The van der Waals surface area contributed by atoms with Crippen LogP contribution in [0.2, 0.25) is 0 Å². The van der Waals surface area contributed by atoms with Crippen LogP contribution in [0.3, 0.4) is 0 Å². The topological polar surface area (TPSA) is 41.3 Å². The van der Waals surface area contributed by atoms with Crippen LogP contribution in [0.15, 0.2) is 47.2 Å². The number of furan rings is 1. The molecular weight excluding hydrogens is 282 g/mol. The molecule has 1 aliphatic rings. The third-order valence-corrected chi connectivity index (χ3v) is 3.95.